The standard InChI is InChI=1S/C19H16ClFO5/c1-24-17-9-12(8-15(20)19(17)25-2)6-7-18(23)26-11-16(22)13-4-3-5-14(21)10-13/h3-10H,11H2,1-2H3/b7-6+. The lowest BCUT2D eigenvalue weighted by Crippen LogP contribution is -2.12. The minimum atomic E-state index is -0.722. The van der Waals surface area contributed by atoms with Gasteiger partial charge in [-0.3, -0.25) is 4.79 Å². The van der Waals surface area contributed by atoms with E-state index in [0.717, 1.165) is 12.1 Å². The fourth-order valence-electron chi connectivity index (χ4n) is 2.13. The van der Waals surface area contributed by atoms with E-state index < -0.39 is 24.2 Å². The lowest BCUT2D eigenvalue weighted by molar-refractivity contribution is -0.136. The Morgan fingerprint density at radius 3 is 2.58 bits per heavy atom. The van der Waals surface area contributed by atoms with E-state index in [-0.39, 0.29) is 5.56 Å². The number of ketones is 1. The second kappa shape index (κ2) is 9.01. The molecule has 0 atom stereocenters. The van der Waals surface area contributed by atoms with Crippen LogP contribution >= 0.6 is 11.6 Å². The molecule has 0 aliphatic carbocycles. The molecule has 0 bridgehead atoms. The predicted molar refractivity (Wildman–Crippen MR) is 95.3 cm³/mol. The Morgan fingerprint density at radius 1 is 1.15 bits per heavy atom. The zero-order valence-electron chi connectivity index (χ0n) is 14.1. The second-order valence-electron chi connectivity index (χ2n) is 5.11. The van der Waals surface area contributed by atoms with Gasteiger partial charge < -0.3 is 14.2 Å². The summed E-state index contributed by atoms with van der Waals surface area (Å²) in [7, 11) is 2.93. The van der Waals surface area contributed by atoms with E-state index in [2.05, 4.69) is 0 Å². The summed E-state index contributed by atoms with van der Waals surface area (Å²) in [4.78, 5) is 23.6. The molecule has 0 unspecified atom stereocenters. The third-order valence-corrected chi connectivity index (χ3v) is 3.64. The van der Waals surface area contributed by atoms with Gasteiger partial charge >= 0.3 is 5.97 Å². The van der Waals surface area contributed by atoms with Gasteiger partial charge in [-0.2, -0.15) is 0 Å². The molecule has 0 aliphatic heterocycles. The highest BCUT2D eigenvalue weighted by Gasteiger charge is 2.11. The largest absolute Gasteiger partial charge is 0.493 e. The number of rotatable bonds is 7. The molecule has 136 valence electrons. The average molecular weight is 379 g/mol. The van der Waals surface area contributed by atoms with Crippen LogP contribution in [0.5, 0.6) is 11.5 Å². The third kappa shape index (κ3) is 5.07. The molecule has 2 aromatic rings. The third-order valence-electron chi connectivity index (χ3n) is 3.36. The van der Waals surface area contributed by atoms with Crippen molar-refractivity contribution in [1.29, 1.82) is 0 Å². The maximum absolute atomic E-state index is 13.1. The van der Waals surface area contributed by atoms with Crippen LogP contribution in [0, 0.1) is 5.82 Å². The van der Waals surface area contributed by atoms with Crippen molar-refractivity contribution in [1.82, 2.24) is 0 Å². The molecule has 0 amide bonds. The van der Waals surface area contributed by atoms with Gasteiger partial charge in [0.2, 0.25) is 0 Å². The normalized spacial score (nSPS) is 10.6. The van der Waals surface area contributed by atoms with E-state index in [4.69, 9.17) is 25.8 Å². The highest BCUT2D eigenvalue weighted by molar-refractivity contribution is 6.32. The van der Waals surface area contributed by atoms with E-state index in [1.165, 1.54) is 38.5 Å². The number of carbonyl (C=O) groups is 2. The fourth-order valence-corrected chi connectivity index (χ4v) is 2.42. The molecule has 7 heteroatoms. The number of carbonyl (C=O) groups excluding carboxylic acids is 2. The second-order valence-corrected chi connectivity index (χ2v) is 5.52. The van der Waals surface area contributed by atoms with Crippen molar-refractivity contribution < 1.29 is 28.2 Å². The summed E-state index contributed by atoms with van der Waals surface area (Å²) in [5.41, 5.74) is 0.717. The number of hydrogen-bond donors (Lipinski definition) is 0. The molecular formula is C19H16ClFO5. The molecule has 0 N–H and O–H groups in total. The van der Waals surface area contributed by atoms with Crippen molar-refractivity contribution in [2.45, 2.75) is 0 Å². The van der Waals surface area contributed by atoms with E-state index in [9.17, 15) is 14.0 Å². The first-order valence-electron chi connectivity index (χ1n) is 7.49. The van der Waals surface area contributed by atoms with E-state index in [1.54, 1.807) is 12.1 Å². The predicted octanol–water partition coefficient (Wildman–Crippen LogP) is 3.94. The smallest absolute Gasteiger partial charge is 0.331 e. The Morgan fingerprint density at radius 2 is 1.92 bits per heavy atom. The maximum atomic E-state index is 13.1. The Balaban J connectivity index is 1.99. The summed E-state index contributed by atoms with van der Waals surface area (Å²) in [6.07, 6.45) is 2.61. The molecule has 2 aromatic carbocycles. The topological polar surface area (TPSA) is 61.8 Å². The molecule has 0 saturated carbocycles. The Hall–Kier alpha value is -2.86. The van der Waals surface area contributed by atoms with Gasteiger partial charge in [0.15, 0.2) is 23.9 Å². The summed E-state index contributed by atoms with van der Waals surface area (Å²) in [5.74, 6) is -0.961. The van der Waals surface area contributed by atoms with Gasteiger partial charge in [0.05, 0.1) is 19.2 Å². The average Bonchev–Trinajstić information content (AvgIpc) is 2.63. The van der Waals surface area contributed by atoms with Crippen molar-refractivity contribution >= 4 is 29.4 Å². The van der Waals surface area contributed by atoms with Crippen LogP contribution in [0.3, 0.4) is 0 Å². The van der Waals surface area contributed by atoms with Crippen molar-refractivity contribution in [2.75, 3.05) is 20.8 Å². The molecule has 5 nitrogen and oxygen atoms in total. The number of Topliss-reactive ketones (excluding diaryl/α,β-unsaturated/α-hetero) is 1. The van der Waals surface area contributed by atoms with Crippen LogP contribution in [0.2, 0.25) is 5.02 Å². The van der Waals surface area contributed by atoms with Crippen LogP contribution in [-0.2, 0) is 9.53 Å². The number of benzene rings is 2. The van der Waals surface area contributed by atoms with Gasteiger partial charge in [-0.25, -0.2) is 9.18 Å². The highest BCUT2D eigenvalue weighted by atomic mass is 35.5. The van der Waals surface area contributed by atoms with Gasteiger partial charge in [-0.05, 0) is 35.9 Å². The van der Waals surface area contributed by atoms with Crippen molar-refractivity contribution in [3.05, 3.63) is 64.4 Å². The molecule has 0 radical (unpaired) electrons. The molecule has 0 aromatic heterocycles. The molecule has 0 aliphatic rings. The van der Waals surface area contributed by atoms with Crippen molar-refractivity contribution in [3.8, 4) is 11.5 Å². The molecule has 0 spiro atoms. The van der Waals surface area contributed by atoms with Gasteiger partial charge in [0, 0.05) is 11.6 Å². The quantitative estimate of drug-likeness (QED) is 0.415. The summed E-state index contributed by atoms with van der Waals surface area (Å²) in [6, 6.07) is 8.38. The number of hydrogen-bond acceptors (Lipinski definition) is 5. The van der Waals surface area contributed by atoms with Crippen LogP contribution in [0.25, 0.3) is 6.08 Å². The summed E-state index contributed by atoms with van der Waals surface area (Å²) in [6.45, 7) is -0.487. The first-order valence-corrected chi connectivity index (χ1v) is 7.87. The van der Waals surface area contributed by atoms with Crippen LogP contribution in [0.4, 0.5) is 4.39 Å². The highest BCUT2D eigenvalue weighted by Crippen LogP contribution is 2.36. The first-order chi connectivity index (χ1) is 12.4. The lowest BCUT2D eigenvalue weighted by atomic mass is 10.1. The minimum absolute atomic E-state index is 0.133. The summed E-state index contributed by atoms with van der Waals surface area (Å²) in [5, 5.41) is 0.321. The zero-order valence-corrected chi connectivity index (χ0v) is 14.9. The van der Waals surface area contributed by atoms with Gasteiger partial charge in [-0.15, -0.1) is 0 Å². The molecule has 0 heterocycles. The van der Waals surface area contributed by atoms with Gasteiger partial charge in [0.1, 0.15) is 5.82 Å². The van der Waals surface area contributed by atoms with Crippen LogP contribution in [0.1, 0.15) is 15.9 Å². The zero-order chi connectivity index (χ0) is 19.1. The lowest BCUT2D eigenvalue weighted by Gasteiger charge is -2.10. The maximum Gasteiger partial charge on any atom is 0.331 e. The van der Waals surface area contributed by atoms with Gasteiger partial charge in [-0.1, -0.05) is 23.7 Å². The van der Waals surface area contributed by atoms with Crippen molar-refractivity contribution in [3.63, 3.8) is 0 Å². The fraction of sp³-hybridized carbons (Fsp3) is 0.158. The Labute approximate surface area is 154 Å². The number of methoxy groups -OCH3 is 2. The SMILES string of the molecule is COc1cc(/C=C/C(=O)OCC(=O)c2cccc(F)c2)cc(Cl)c1OC. The molecule has 0 saturated heterocycles. The van der Waals surface area contributed by atoms with E-state index >= 15 is 0 Å². The summed E-state index contributed by atoms with van der Waals surface area (Å²) >= 11 is 6.08. The number of halogens is 2. The van der Waals surface area contributed by atoms with Crippen LogP contribution in [0.15, 0.2) is 42.5 Å². The summed E-state index contributed by atoms with van der Waals surface area (Å²) < 4.78 is 28.2. The Bertz CT molecular complexity index is 848. The van der Waals surface area contributed by atoms with E-state index in [1.807, 2.05) is 0 Å². The van der Waals surface area contributed by atoms with Crippen LogP contribution in [-0.4, -0.2) is 32.6 Å². The molecule has 26 heavy (non-hydrogen) atoms. The molecule has 0 fully saturated rings. The molecular weight excluding hydrogens is 363 g/mol. The monoisotopic (exact) mass is 378 g/mol. The molecule has 2 rings (SSSR count). The first kappa shape index (κ1) is 19.5. The number of esters is 1. The van der Waals surface area contributed by atoms with E-state index in [0.29, 0.717) is 22.1 Å². The minimum Gasteiger partial charge on any atom is -0.493 e. The van der Waals surface area contributed by atoms with Crippen molar-refractivity contribution in [2.24, 2.45) is 0 Å². The van der Waals surface area contributed by atoms with Crippen LogP contribution < -0.4 is 9.47 Å². The number of ether oxygens (including phenoxy) is 3. The van der Waals surface area contributed by atoms with Gasteiger partial charge in [0.25, 0.3) is 0 Å². The Kier molecular flexibility index (Phi) is 6.74.